The molecule has 0 rings (SSSR count). The van der Waals surface area contributed by atoms with Crippen LogP contribution in [0.3, 0.4) is 0 Å². The normalized spacial score (nSPS) is 4.86. The molecule has 21 heavy (non-hydrogen) atoms. The Labute approximate surface area is 127 Å². The smallest absolute Gasteiger partial charge is 0.317 e. The Hall–Kier alpha value is -3.61. The maximum atomic E-state index is 10.7. The van der Waals surface area contributed by atoms with Gasteiger partial charge in [-0.1, -0.05) is 19.3 Å². The van der Waals surface area contributed by atoms with Gasteiger partial charge in [0.05, 0.1) is 7.11 Å². The second-order valence-electron chi connectivity index (χ2n) is 2.68. The third-order valence-corrected chi connectivity index (χ3v) is 1.36. The number of rotatable bonds is 1. The molecule has 0 aliphatic carbocycles. The first kappa shape index (κ1) is 19.7. The summed E-state index contributed by atoms with van der Waals surface area (Å²) in [5, 5.41) is 0. The predicted octanol–water partition coefficient (Wildman–Crippen LogP) is 1.23. The topological polar surface area (TPSA) is 26.3 Å². The molecule has 0 heterocycles. The lowest BCUT2D eigenvalue weighted by molar-refractivity contribution is -0.139. The number of hydrogen-bond acceptors (Lipinski definition) is 2. The molecule has 0 atom stereocenters. The lowest BCUT2D eigenvalue weighted by atomic mass is 10.4. The minimum absolute atomic E-state index is 0. The van der Waals surface area contributed by atoms with E-state index >= 15 is 0 Å². The SMILES string of the molecule is C.CC#CC#CC#CC#CC#CC#CC#CCC(=O)OC. The number of carbonyl (C=O) groups is 1. The summed E-state index contributed by atoms with van der Waals surface area (Å²) in [5.41, 5.74) is 0. The van der Waals surface area contributed by atoms with Crippen LogP contribution in [0.4, 0.5) is 0 Å². The Morgan fingerprint density at radius 1 is 0.762 bits per heavy atom. The molecule has 0 saturated heterocycles. The van der Waals surface area contributed by atoms with E-state index in [1.807, 2.05) is 0 Å². The van der Waals surface area contributed by atoms with E-state index in [1.54, 1.807) is 6.92 Å². The molecule has 0 bridgehead atoms. The van der Waals surface area contributed by atoms with Crippen molar-refractivity contribution < 1.29 is 9.53 Å². The van der Waals surface area contributed by atoms with E-state index in [0.717, 1.165) is 0 Å². The Morgan fingerprint density at radius 3 is 1.52 bits per heavy atom. The zero-order chi connectivity index (χ0) is 14.9. The number of esters is 1. The maximum absolute atomic E-state index is 10.7. The molecule has 0 aliphatic heterocycles. The van der Waals surface area contributed by atoms with Crippen molar-refractivity contribution in [2.24, 2.45) is 0 Å². The third-order valence-electron chi connectivity index (χ3n) is 1.36. The number of hydrogen-bond donors (Lipinski definition) is 0. The van der Waals surface area contributed by atoms with Crippen LogP contribution in [-0.4, -0.2) is 13.1 Å². The van der Waals surface area contributed by atoms with E-state index < -0.39 is 5.97 Å². The highest BCUT2D eigenvalue weighted by molar-refractivity contribution is 5.72. The van der Waals surface area contributed by atoms with Gasteiger partial charge in [-0.15, -0.1) is 0 Å². The molecule has 100 valence electrons. The van der Waals surface area contributed by atoms with Crippen LogP contribution >= 0.6 is 0 Å². The minimum Gasteiger partial charge on any atom is -0.468 e. The average molecular weight is 272 g/mol. The summed E-state index contributed by atoms with van der Waals surface area (Å²) in [4.78, 5) is 10.7. The summed E-state index contributed by atoms with van der Waals surface area (Å²) in [5.74, 6) is 34.6. The van der Waals surface area contributed by atoms with E-state index in [2.05, 4.69) is 87.6 Å². The van der Waals surface area contributed by atoms with Gasteiger partial charge in [-0.2, -0.15) is 0 Å². The van der Waals surface area contributed by atoms with E-state index in [4.69, 9.17) is 0 Å². The van der Waals surface area contributed by atoms with Crippen molar-refractivity contribution in [1.82, 2.24) is 0 Å². The fourth-order valence-corrected chi connectivity index (χ4v) is 0.608. The minimum atomic E-state index is -0.400. The molecular formula is C19H12O2. The van der Waals surface area contributed by atoms with Crippen molar-refractivity contribution in [2.45, 2.75) is 20.8 Å². The van der Waals surface area contributed by atoms with Gasteiger partial charge < -0.3 is 4.74 Å². The van der Waals surface area contributed by atoms with Gasteiger partial charge in [-0.25, -0.2) is 0 Å². The molecule has 0 aromatic carbocycles. The fourth-order valence-electron chi connectivity index (χ4n) is 0.608. The molecule has 0 aliphatic rings. The van der Waals surface area contributed by atoms with Crippen molar-refractivity contribution >= 4 is 5.97 Å². The van der Waals surface area contributed by atoms with Crippen LogP contribution in [0, 0.1) is 82.9 Å². The van der Waals surface area contributed by atoms with Crippen LogP contribution in [-0.2, 0) is 9.53 Å². The first-order valence-corrected chi connectivity index (χ1v) is 5.27. The summed E-state index contributed by atoms with van der Waals surface area (Å²) in [7, 11) is 1.30. The van der Waals surface area contributed by atoms with Crippen LogP contribution in [0.2, 0.25) is 0 Å². The summed E-state index contributed by atoms with van der Waals surface area (Å²) in [6, 6.07) is 0. The maximum Gasteiger partial charge on any atom is 0.317 e. The van der Waals surface area contributed by atoms with Gasteiger partial charge in [-0.3, -0.25) is 4.79 Å². The van der Waals surface area contributed by atoms with Crippen molar-refractivity contribution in [3.63, 3.8) is 0 Å². The Kier molecular flexibility index (Phi) is 15.4. The van der Waals surface area contributed by atoms with E-state index in [-0.39, 0.29) is 13.8 Å². The molecule has 0 aromatic rings. The summed E-state index contributed by atoms with van der Waals surface area (Å²) in [6.07, 6.45) is 0.0114. The van der Waals surface area contributed by atoms with E-state index in [9.17, 15) is 4.79 Å². The molecule has 0 amide bonds. The zero-order valence-corrected chi connectivity index (χ0v) is 11.0. The van der Waals surface area contributed by atoms with Crippen LogP contribution < -0.4 is 0 Å². The van der Waals surface area contributed by atoms with Crippen molar-refractivity contribution in [3.05, 3.63) is 0 Å². The molecule has 0 unspecified atom stereocenters. The van der Waals surface area contributed by atoms with Gasteiger partial charge in [0.25, 0.3) is 0 Å². The molecule has 0 fully saturated rings. The molecule has 2 heteroatoms. The first-order valence-electron chi connectivity index (χ1n) is 5.27. The number of ether oxygens (including phenoxy) is 1. The molecule has 0 radical (unpaired) electrons. The Balaban J connectivity index is 0. The monoisotopic (exact) mass is 272 g/mol. The second-order valence-corrected chi connectivity index (χ2v) is 2.68. The number of carbonyl (C=O) groups excluding carboxylic acids is 1. The van der Waals surface area contributed by atoms with Gasteiger partial charge in [0.2, 0.25) is 0 Å². The molecular weight excluding hydrogens is 260 g/mol. The molecule has 0 aromatic heterocycles. The third kappa shape index (κ3) is 16.4. The van der Waals surface area contributed by atoms with Gasteiger partial charge in [0.1, 0.15) is 6.42 Å². The fraction of sp³-hybridized carbons (Fsp3) is 0.211. The standard InChI is InChI=1S/C18H8O2.CH4/c1-3-4-5-6-7-8-9-10-11-12-13-14-15-16-17-18(19)20-2;/h17H2,1-2H3;1H4. The van der Waals surface area contributed by atoms with Gasteiger partial charge in [0, 0.05) is 0 Å². The lowest BCUT2D eigenvalue weighted by Gasteiger charge is -1.87. The molecule has 0 N–H and O–H groups in total. The highest BCUT2D eigenvalue weighted by Gasteiger charge is 1.91. The quantitative estimate of drug-likeness (QED) is 0.530. The predicted molar refractivity (Wildman–Crippen MR) is 83.5 cm³/mol. The van der Waals surface area contributed by atoms with Gasteiger partial charge in [0.15, 0.2) is 0 Å². The Bertz CT molecular complexity index is 779. The van der Waals surface area contributed by atoms with Gasteiger partial charge in [-0.05, 0) is 78.0 Å². The van der Waals surface area contributed by atoms with Crippen LogP contribution in [0.5, 0.6) is 0 Å². The Morgan fingerprint density at radius 2 is 1.14 bits per heavy atom. The van der Waals surface area contributed by atoms with Crippen LogP contribution in [0.25, 0.3) is 0 Å². The summed E-state index contributed by atoms with van der Waals surface area (Å²) >= 11 is 0. The average Bonchev–Trinajstić information content (AvgIpc) is 2.47. The van der Waals surface area contributed by atoms with Crippen LogP contribution in [0.15, 0.2) is 0 Å². The van der Waals surface area contributed by atoms with Crippen molar-refractivity contribution in [2.75, 3.05) is 7.11 Å². The van der Waals surface area contributed by atoms with Crippen LogP contribution in [0.1, 0.15) is 20.8 Å². The lowest BCUT2D eigenvalue weighted by Crippen LogP contribution is -1.96. The summed E-state index contributed by atoms with van der Waals surface area (Å²) in [6.45, 7) is 1.69. The first-order chi connectivity index (χ1) is 9.81. The molecule has 2 nitrogen and oxygen atoms in total. The van der Waals surface area contributed by atoms with E-state index in [0.29, 0.717) is 0 Å². The summed E-state index contributed by atoms with van der Waals surface area (Å²) < 4.78 is 4.40. The molecule has 0 saturated carbocycles. The second kappa shape index (κ2) is 16.4. The van der Waals surface area contributed by atoms with Gasteiger partial charge >= 0.3 is 5.97 Å². The number of methoxy groups -OCH3 is 1. The largest absolute Gasteiger partial charge is 0.468 e. The van der Waals surface area contributed by atoms with Crippen molar-refractivity contribution in [3.8, 4) is 82.9 Å². The molecule has 0 spiro atoms. The highest BCUT2D eigenvalue weighted by Crippen LogP contribution is 1.78. The zero-order valence-electron chi connectivity index (χ0n) is 11.0. The van der Waals surface area contributed by atoms with E-state index in [1.165, 1.54) is 7.11 Å². The highest BCUT2D eigenvalue weighted by atomic mass is 16.5. The van der Waals surface area contributed by atoms with Crippen molar-refractivity contribution in [1.29, 1.82) is 0 Å².